The van der Waals surface area contributed by atoms with Crippen molar-refractivity contribution >= 4 is 29.1 Å². The Kier molecular flexibility index (Phi) is 4.55. The predicted molar refractivity (Wildman–Crippen MR) is 99.7 cm³/mol. The molecule has 1 atom stereocenters. The second kappa shape index (κ2) is 7.00. The van der Waals surface area contributed by atoms with Gasteiger partial charge in [-0.25, -0.2) is 0 Å². The summed E-state index contributed by atoms with van der Waals surface area (Å²) in [6, 6.07) is 12.6. The lowest BCUT2D eigenvalue weighted by atomic mass is 9.95. The molecule has 6 heteroatoms. The Bertz CT molecular complexity index is 864. The molecule has 1 aliphatic heterocycles. The number of amides is 2. The van der Waals surface area contributed by atoms with E-state index in [9.17, 15) is 9.59 Å². The number of carbonyl (C=O) groups is 2. The van der Waals surface area contributed by atoms with E-state index in [0.717, 1.165) is 24.2 Å². The number of hydrogen-bond acceptors (Lipinski definition) is 3. The van der Waals surface area contributed by atoms with Gasteiger partial charge in [0.1, 0.15) is 12.4 Å². The van der Waals surface area contributed by atoms with Crippen molar-refractivity contribution in [2.45, 2.75) is 25.3 Å². The van der Waals surface area contributed by atoms with E-state index in [4.69, 9.17) is 16.3 Å². The molecule has 2 aliphatic rings. The van der Waals surface area contributed by atoms with E-state index in [1.54, 1.807) is 30.3 Å². The predicted octanol–water partition coefficient (Wildman–Crippen LogP) is 3.42. The fourth-order valence-corrected chi connectivity index (χ4v) is 3.21. The maximum atomic E-state index is 12.4. The monoisotopic (exact) mass is 370 g/mol. The number of anilines is 1. The first-order valence-electron chi connectivity index (χ1n) is 8.71. The molecule has 1 fully saturated rings. The molecule has 2 aromatic carbocycles. The van der Waals surface area contributed by atoms with Gasteiger partial charge < -0.3 is 15.4 Å². The van der Waals surface area contributed by atoms with Crippen molar-refractivity contribution in [3.8, 4) is 5.75 Å². The van der Waals surface area contributed by atoms with Crippen LogP contribution in [0.3, 0.4) is 0 Å². The minimum absolute atomic E-state index is 0.0477. The van der Waals surface area contributed by atoms with Crippen LogP contribution in [0.2, 0.25) is 5.02 Å². The van der Waals surface area contributed by atoms with Crippen LogP contribution in [0.4, 0.5) is 5.69 Å². The second-order valence-electron chi connectivity index (χ2n) is 6.78. The zero-order valence-corrected chi connectivity index (χ0v) is 14.9. The summed E-state index contributed by atoms with van der Waals surface area (Å²) in [5.74, 6) is 0.391. The molecule has 0 saturated heterocycles. The van der Waals surface area contributed by atoms with Crippen molar-refractivity contribution in [2.24, 2.45) is 5.92 Å². The largest absolute Gasteiger partial charge is 0.492 e. The van der Waals surface area contributed by atoms with E-state index in [-0.39, 0.29) is 17.7 Å². The molecular weight excluding hydrogens is 352 g/mol. The van der Waals surface area contributed by atoms with Gasteiger partial charge in [0.25, 0.3) is 5.91 Å². The summed E-state index contributed by atoms with van der Waals surface area (Å²) in [6.07, 6.45) is 2.74. The highest BCUT2D eigenvalue weighted by molar-refractivity contribution is 6.31. The van der Waals surface area contributed by atoms with Gasteiger partial charge >= 0.3 is 0 Å². The molecule has 1 aliphatic carbocycles. The van der Waals surface area contributed by atoms with Crippen molar-refractivity contribution in [2.75, 3.05) is 11.9 Å². The quantitative estimate of drug-likeness (QED) is 0.866. The summed E-state index contributed by atoms with van der Waals surface area (Å²) < 4.78 is 5.73. The van der Waals surface area contributed by atoms with Crippen LogP contribution >= 0.6 is 11.6 Å². The normalized spacial score (nSPS) is 18.4. The number of rotatable bonds is 4. The van der Waals surface area contributed by atoms with E-state index in [1.165, 1.54) is 0 Å². The minimum Gasteiger partial charge on any atom is -0.492 e. The lowest BCUT2D eigenvalue weighted by Gasteiger charge is -2.25. The van der Waals surface area contributed by atoms with Gasteiger partial charge in [-0.15, -0.1) is 0 Å². The molecule has 0 bridgehead atoms. The molecule has 0 radical (unpaired) electrons. The van der Waals surface area contributed by atoms with Crippen molar-refractivity contribution in [1.82, 2.24) is 5.32 Å². The molecule has 1 heterocycles. The third-order valence-corrected chi connectivity index (χ3v) is 4.84. The second-order valence-corrected chi connectivity index (χ2v) is 7.22. The zero-order valence-electron chi connectivity index (χ0n) is 14.1. The van der Waals surface area contributed by atoms with Gasteiger partial charge in [0.2, 0.25) is 5.91 Å². The van der Waals surface area contributed by atoms with E-state index >= 15 is 0 Å². The van der Waals surface area contributed by atoms with E-state index in [0.29, 0.717) is 35.3 Å². The van der Waals surface area contributed by atoms with Crippen molar-refractivity contribution < 1.29 is 14.3 Å². The Morgan fingerprint density at radius 1 is 1.12 bits per heavy atom. The Hall–Kier alpha value is -2.53. The Labute approximate surface area is 156 Å². The third kappa shape index (κ3) is 3.83. The van der Waals surface area contributed by atoms with Gasteiger partial charge in [-0.1, -0.05) is 17.7 Å². The van der Waals surface area contributed by atoms with Crippen LogP contribution in [0.25, 0.3) is 0 Å². The van der Waals surface area contributed by atoms with Crippen LogP contribution in [0.15, 0.2) is 42.5 Å². The first-order chi connectivity index (χ1) is 12.6. The summed E-state index contributed by atoms with van der Waals surface area (Å²) in [5.41, 5.74) is 2.09. The van der Waals surface area contributed by atoms with E-state index in [2.05, 4.69) is 10.6 Å². The zero-order chi connectivity index (χ0) is 18.1. The minimum atomic E-state index is -0.229. The molecule has 134 valence electrons. The van der Waals surface area contributed by atoms with Crippen LogP contribution in [0.1, 0.15) is 28.8 Å². The van der Waals surface area contributed by atoms with Gasteiger partial charge in [-0.3, -0.25) is 9.59 Å². The van der Waals surface area contributed by atoms with Crippen LogP contribution in [0, 0.1) is 5.92 Å². The number of nitrogens with one attached hydrogen (secondary N) is 2. The Morgan fingerprint density at radius 3 is 2.73 bits per heavy atom. The number of halogens is 1. The van der Waals surface area contributed by atoms with Gasteiger partial charge in [-0.05, 0) is 61.2 Å². The fourth-order valence-electron chi connectivity index (χ4n) is 3.02. The highest BCUT2D eigenvalue weighted by Gasteiger charge is 2.30. The summed E-state index contributed by atoms with van der Waals surface area (Å²) in [4.78, 5) is 24.6. The van der Waals surface area contributed by atoms with Crippen molar-refractivity contribution in [3.05, 3.63) is 58.6 Å². The number of fused-ring (bicyclic) bond motifs is 1. The van der Waals surface area contributed by atoms with Crippen LogP contribution < -0.4 is 15.4 Å². The topological polar surface area (TPSA) is 67.4 Å². The average Bonchev–Trinajstić information content (AvgIpc) is 3.45. The van der Waals surface area contributed by atoms with Crippen molar-refractivity contribution in [1.29, 1.82) is 0 Å². The molecule has 0 aromatic heterocycles. The lowest BCUT2D eigenvalue weighted by Crippen LogP contribution is -2.38. The number of benzene rings is 2. The molecule has 2 amide bonds. The van der Waals surface area contributed by atoms with Crippen LogP contribution in [-0.2, 0) is 11.2 Å². The summed E-state index contributed by atoms with van der Waals surface area (Å²) in [7, 11) is 0. The van der Waals surface area contributed by atoms with Gasteiger partial charge in [0.15, 0.2) is 0 Å². The molecular formula is C20H19ClN2O3. The molecule has 5 nitrogen and oxygen atoms in total. The first-order valence-corrected chi connectivity index (χ1v) is 9.09. The number of ether oxygens (including phenoxy) is 1. The summed E-state index contributed by atoms with van der Waals surface area (Å²) in [6.45, 7) is 0.389. The van der Waals surface area contributed by atoms with E-state index in [1.807, 2.05) is 12.1 Å². The Morgan fingerprint density at radius 2 is 1.96 bits per heavy atom. The Balaban J connectivity index is 1.46. The standard InChI is InChI=1S/C20H19ClN2O3/c21-15-3-1-2-12(9-15)19(24)23-17-6-7-18-13(10-17)8-14(11-26-18)20(25)22-16-4-5-16/h1-3,6-7,9-10,14,16H,4-5,8,11H2,(H,22,25)(H,23,24). The summed E-state index contributed by atoms with van der Waals surface area (Å²) >= 11 is 5.94. The maximum absolute atomic E-state index is 12.4. The van der Waals surface area contributed by atoms with Gasteiger partial charge in [-0.2, -0.15) is 0 Å². The molecule has 1 saturated carbocycles. The highest BCUT2D eigenvalue weighted by atomic mass is 35.5. The molecule has 1 unspecified atom stereocenters. The SMILES string of the molecule is O=C(Nc1ccc2c(c1)CC(C(=O)NC1CC1)CO2)c1cccc(Cl)c1. The first kappa shape index (κ1) is 16.9. The highest BCUT2D eigenvalue weighted by Crippen LogP contribution is 2.31. The number of hydrogen-bond donors (Lipinski definition) is 2. The lowest BCUT2D eigenvalue weighted by molar-refractivity contribution is -0.126. The van der Waals surface area contributed by atoms with Crippen molar-refractivity contribution in [3.63, 3.8) is 0 Å². The average molecular weight is 371 g/mol. The molecule has 26 heavy (non-hydrogen) atoms. The summed E-state index contributed by atoms with van der Waals surface area (Å²) in [5, 5.41) is 6.41. The van der Waals surface area contributed by atoms with Crippen LogP contribution in [0.5, 0.6) is 5.75 Å². The third-order valence-electron chi connectivity index (χ3n) is 4.61. The van der Waals surface area contributed by atoms with Gasteiger partial charge in [0, 0.05) is 22.3 Å². The maximum Gasteiger partial charge on any atom is 0.255 e. The molecule has 2 N–H and O–H groups in total. The van der Waals surface area contributed by atoms with Gasteiger partial charge in [0.05, 0.1) is 5.92 Å². The smallest absolute Gasteiger partial charge is 0.255 e. The fraction of sp³-hybridized carbons (Fsp3) is 0.300. The van der Waals surface area contributed by atoms with E-state index < -0.39 is 0 Å². The molecule has 4 rings (SSSR count). The molecule has 2 aromatic rings. The number of carbonyl (C=O) groups excluding carboxylic acids is 2. The molecule has 0 spiro atoms. The van der Waals surface area contributed by atoms with Crippen LogP contribution in [-0.4, -0.2) is 24.5 Å².